The van der Waals surface area contributed by atoms with Crippen LogP contribution in [0.4, 0.5) is 0 Å². The molecule has 5 nitrogen and oxygen atoms in total. The van der Waals surface area contributed by atoms with Crippen LogP contribution in [0.25, 0.3) is 0 Å². The first kappa shape index (κ1) is 14.0. The summed E-state index contributed by atoms with van der Waals surface area (Å²) < 4.78 is 4.61. The maximum Gasteiger partial charge on any atom is 0.321 e. The van der Waals surface area contributed by atoms with Gasteiger partial charge < -0.3 is 19.6 Å². The van der Waals surface area contributed by atoms with E-state index in [2.05, 4.69) is 21.6 Å². The van der Waals surface area contributed by atoms with Crippen LogP contribution in [0.3, 0.4) is 0 Å². The highest BCUT2D eigenvalue weighted by Gasteiger charge is 2.05. The Morgan fingerprint density at radius 3 is 2.57 bits per heavy atom. The molecule has 0 heterocycles. The molecule has 0 aromatic rings. The highest BCUT2D eigenvalue weighted by Crippen LogP contribution is 2.36. The monoisotopic (exact) mass is 241 g/mol. The molecule has 0 spiro atoms. The third kappa shape index (κ3) is 12.0. The summed E-state index contributed by atoms with van der Waals surface area (Å²) in [5.41, 5.74) is 0. The smallest absolute Gasteiger partial charge is 0.321 e. The second-order valence-corrected chi connectivity index (χ2v) is 5.53. The predicted octanol–water partition coefficient (Wildman–Crippen LogP) is 0.518. The second-order valence-electron chi connectivity index (χ2n) is 2.87. The molecule has 0 unspecified atom stereocenters. The van der Waals surface area contributed by atoms with Gasteiger partial charge in [0, 0.05) is 13.5 Å². The van der Waals surface area contributed by atoms with E-state index in [1.807, 2.05) is 0 Å². The molecule has 0 aromatic carbocycles. The number of rotatable bonds is 7. The Kier molecular flexibility index (Phi) is 7.31. The van der Waals surface area contributed by atoms with E-state index in [9.17, 15) is 4.79 Å². The van der Waals surface area contributed by atoms with Gasteiger partial charge in [0.1, 0.15) is 0 Å². The topological polar surface area (TPSA) is 78.8 Å². The lowest BCUT2D eigenvalue weighted by molar-refractivity contribution is -0.118. The van der Waals surface area contributed by atoms with Crippen LogP contribution in [-0.4, -0.2) is 28.8 Å². The first-order chi connectivity index (χ1) is 6.42. The van der Waals surface area contributed by atoms with Gasteiger partial charge in [-0.15, -0.1) is 0 Å². The lowest BCUT2D eigenvalue weighted by Crippen LogP contribution is -2.20. The Morgan fingerprint density at radius 2 is 2.07 bits per heavy atom. The zero-order chi connectivity index (χ0) is 11.0. The molecular formula is C7H16NO4PS. The maximum absolute atomic E-state index is 10.5. The Labute approximate surface area is 88.7 Å². The number of unbranched alkanes of at least 4 members (excludes halogenated alkanes) is 2. The van der Waals surface area contributed by atoms with E-state index < -0.39 is 6.72 Å². The Balaban J connectivity index is 3.15. The van der Waals surface area contributed by atoms with E-state index in [0.717, 1.165) is 12.8 Å². The van der Waals surface area contributed by atoms with E-state index in [-0.39, 0.29) is 12.5 Å². The van der Waals surface area contributed by atoms with Gasteiger partial charge in [-0.1, -0.05) is 0 Å². The second kappa shape index (κ2) is 7.31. The van der Waals surface area contributed by atoms with E-state index in [1.54, 1.807) is 0 Å². The fraction of sp³-hybridized carbons (Fsp3) is 0.857. The molecule has 0 bridgehead atoms. The van der Waals surface area contributed by atoms with Crippen molar-refractivity contribution in [1.82, 2.24) is 5.32 Å². The number of hydrogen-bond acceptors (Lipinski definition) is 3. The summed E-state index contributed by atoms with van der Waals surface area (Å²) in [6.45, 7) is -1.11. The van der Waals surface area contributed by atoms with E-state index >= 15 is 0 Å². The summed E-state index contributed by atoms with van der Waals surface area (Å²) in [6.07, 6.45) is 2.41. The van der Waals surface area contributed by atoms with Crippen LogP contribution in [0.15, 0.2) is 0 Å². The van der Waals surface area contributed by atoms with Crippen LogP contribution in [0.2, 0.25) is 0 Å². The summed E-state index contributed by atoms with van der Waals surface area (Å²) in [5.74, 6) is -0.0394. The van der Waals surface area contributed by atoms with Crippen molar-refractivity contribution in [3.05, 3.63) is 0 Å². The van der Waals surface area contributed by atoms with Crippen LogP contribution in [-0.2, 0) is 21.1 Å². The molecule has 14 heavy (non-hydrogen) atoms. The fourth-order valence-corrected chi connectivity index (χ4v) is 1.44. The molecule has 0 fully saturated rings. The van der Waals surface area contributed by atoms with Gasteiger partial charge in [0.15, 0.2) is 0 Å². The van der Waals surface area contributed by atoms with Crippen LogP contribution >= 0.6 is 6.72 Å². The number of carbonyl (C=O) groups excluding carboxylic acids is 1. The minimum absolute atomic E-state index is 0.0394. The van der Waals surface area contributed by atoms with Crippen molar-refractivity contribution in [1.29, 1.82) is 0 Å². The first-order valence-electron chi connectivity index (χ1n) is 4.36. The third-order valence-corrected chi connectivity index (χ3v) is 2.29. The summed E-state index contributed by atoms with van der Waals surface area (Å²) >= 11 is 4.26. The Bertz CT molecular complexity index is 218. The fourth-order valence-electron chi connectivity index (χ4n) is 0.852. The SMILES string of the molecule is CC(=O)NCCCCCOP(O)(O)=S. The number of hydrogen-bond donors (Lipinski definition) is 3. The Hall–Kier alpha value is -0.0000000000000000833. The average molecular weight is 241 g/mol. The predicted molar refractivity (Wildman–Crippen MR) is 57.2 cm³/mol. The van der Waals surface area contributed by atoms with Gasteiger partial charge in [-0.2, -0.15) is 0 Å². The number of amides is 1. The van der Waals surface area contributed by atoms with Crippen molar-refractivity contribution >= 4 is 24.4 Å². The lowest BCUT2D eigenvalue weighted by atomic mass is 10.2. The van der Waals surface area contributed by atoms with Crippen molar-refractivity contribution in [2.24, 2.45) is 0 Å². The highest BCUT2D eigenvalue weighted by molar-refractivity contribution is 8.06. The minimum atomic E-state index is -3.47. The van der Waals surface area contributed by atoms with Crippen LogP contribution in [0, 0.1) is 0 Å². The van der Waals surface area contributed by atoms with Crippen molar-refractivity contribution in [2.75, 3.05) is 13.2 Å². The molecule has 0 atom stereocenters. The zero-order valence-corrected chi connectivity index (χ0v) is 9.81. The van der Waals surface area contributed by atoms with E-state index in [1.165, 1.54) is 6.92 Å². The van der Waals surface area contributed by atoms with E-state index in [0.29, 0.717) is 13.0 Å². The molecule has 0 radical (unpaired) electrons. The van der Waals surface area contributed by atoms with Gasteiger partial charge >= 0.3 is 6.72 Å². The molecule has 0 saturated carbocycles. The van der Waals surface area contributed by atoms with Crippen molar-refractivity contribution in [2.45, 2.75) is 26.2 Å². The van der Waals surface area contributed by atoms with Gasteiger partial charge in [0.25, 0.3) is 0 Å². The first-order valence-corrected chi connectivity index (χ1v) is 6.99. The molecule has 7 heteroatoms. The molecule has 0 saturated heterocycles. The molecule has 0 aliphatic heterocycles. The molecular weight excluding hydrogens is 225 g/mol. The molecule has 0 aliphatic rings. The minimum Gasteiger partial charge on any atom is -0.356 e. The van der Waals surface area contributed by atoms with Gasteiger partial charge in [0.2, 0.25) is 5.91 Å². The molecule has 84 valence electrons. The van der Waals surface area contributed by atoms with Crippen molar-refractivity contribution in [3.63, 3.8) is 0 Å². The normalized spacial score (nSPS) is 11.4. The van der Waals surface area contributed by atoms with Crippen LogP contribution in [0.5, 0.6) is 0 Å². The highest BCUT2D eigenvalue weighted by atomic mass is 32.5. The third-order valence-electron chi connectivity index (χ3n) is 1.45. The molecule has 3 N–H and O–H groups in total. The van der Waals surface area contributed by atoms with Gasteiger partial charge in [-0.05, 0) is 31.1 Å². The maximum atomic E-state index is 10.5. The van der Waals surface area contributed by atoms with Crippen molar-refractivity contribution in [3.8, 4) is 0 Å². The van der Waals surface area contributed by atoms with Crippen LogP contribution in [0.1, 0.15) is 26.2 Å². The summed E-state index contributed by atoms with van der Waals surface area (Å²) in [4.78, 5) is 27.8. The lowest BCUT2D eigenvalue weighted by Gasteiger charge is -2.07. The zero-order valence-electron chi connectivity index (χ0n) is 8.10. The largest absolute Gasteiger partial charge is 0.356 e. The molecule has 0 rings (SSSR count). The quantitative estimate of drug-likeness (QED) is 0.447. The van der Waals surface area contributed by atoms with Gasteiger partial charge in [0.05, 0.1) is 6.61 Å². The molecule has 1 amide bonds. The van der Waals surface area contributed by atoms with Gasteiger partial charge in [-0.3, -0.25) is 4.79 Å². The standard InChI is InChI=1S/C7H16NO4PS/c1-7(9)8-5-3-2-4-6-12-13(10,11)14/h2-6H2,1H3,(H,8,9)(H2,10,11,14). The van der Waals surface area contributed by atoms with Crippen molar-refractivity contribution < 1.29 is 19.1 Å². The number of nitrogens with one attached hydrogen (secondary N) is 1. The molecule has 0 aromatic heterocycles. The summed E-state index contributed by atoms with van der Waals surface area (Å²) in [5, 5.41) is 2.66. The average Bonchev–Trinajstić information content (AvgIpc) is 2.00. The number of carbonyl (C=O) groups is 1. The van der Waals surface area contributed by atoms with Gasteiger partial charge in [-0.25, -0.2) is 0 Å². The summed E-state index contributed by atoms with van der Waals surface area (Å²) in [6, 6.07) is 0. The van der Waals surface area contributed by atoms with Crippen LogP contribution < -0.4 is 5.32 Å². The Morgan fingerprint density at radius 1 is 1.43 bits per heavy atom. The van der Waals surface area contributed by atoms with E-state index in [4.69, 9.17) is 9.79 Å². The molecule has 0 aliphatic carbocycles. The summed E-state index contributed by atoms with van der Waals surface area (Å²) in [7, 11) is 0.